The maximum Gasteiger partial charge on any atom is 0.264 e. The highest BCUT2D eigenvalue weighted by Gasteiger charge is 2.15. The molecule has 106 valence electrons. The molecule has 0 fully saturated rings. The molecular formula is C16H13ClN2OS. The Labute approximate surface area is 131 Å². The molecule has 2 aromatic heterocycles. The van der Waals surface area contributed by atoms with Gasteiger partial charge in [-0.1, -0.05) is 29.8 Å². The van der Waals surface area contributed by atoms with Crippen LogP contribution in [0.25, 0.3) is 10.9 Å². The lowest BCUT2D eigenvalue weighted by Gasteiger charge is -2.17. The van der Waals surface area contributed by atoms with Crippen molar-refractivity contribution in [1.82, 2.24) is 9.88 Å². The quantitative estimate of drug-likeness (QED) is 0.724. The van der Waals surface area contributed by atoms with Gasteiger partial charge >= 0.3 is 0 Å². The number of amides is 1. The third-order valence-corrected chi connectivity index (χ3v) is 4.49. The zero-order valence-corrected chi connectivity index (χ0v) is 13.0. The molecule has 0 radical (unpaired) electrons. The average molecular weight is 317 g/mol. The second kappa shape index (κ2) is 5.84. The fourth-order valence-electron chi connectivity index (χ4n) is 2.25. The number of hydrogen-bond donors (Lipinski definition) is 0. The smallest absolute Gasteiger partial charge is 0.264 e. The van der Waals surface area contributed by atoms with Gasteiger partial charge in [0.15, 0.2) is 0 Å². The maximum atomic E-state index is 12.4. The first-order chi connectivity index (χ1) is 10.1. The fourth-order valence-corrected chi connectivity index (χ4v) is 3.29. The van der Waals surface area contributed by atoms with Gasteiger partial charge in [-0.2, -0.15) is 0 Å². The number of pyridine rings is 1. The molecule has 2 heterocycles. The first-order valence-corrected chi connectivity index (χ1v) is 7.68. The van der Waals surface area contributed by atoms with Crippen LogP contribution in [0.15, 0.2) is 48.7 Å². The topological polar surface area (TPSA) is 33.2 Å². The number of fused-ring (bicyclic) bond motifs is 1. The zero-order chi connectivity index (χ0) is 14.8. The summed E-state index contributed by atoms with van der Waals surface area (Å²) in [5.41, 5.74) is 2.02. The minimum Gasteiger partial charge on any atom is -0.337 e. The van der Waals surface area contributed by atoms with Gasteiger partial charge in [0.2, 0.25) is 0 Å². The van der Waals surface area contributed by atoms with Gasteiger partial charge in [-0.3, -0.25) is 9.78 Å². The summed E-state index contributed by atoms with van der Waals surface area (Å²) >= 11 is 7.19. The van der Waals surface area contributed by atoms with Crippen molar-refractivity contribution in [2.24, 2.45) is 0 Å². The summed E-state index contributed by atoms with van der Waals surface area (Å²) in [5.74, 6) is -0.0206. The highest BCUT2D eigenvalue weighted by Crippen LogP contribution is 2.24. The second-order valence-corrected chi connectivity index (χ2v) is 6.47. The lowest BCUT2D eigenvalue weighted by molar-refractivity contribution is 0.0790. The number of halogens is 1. The normalized spacial score (nSPS) is 10.8. The first kappa shape index (κ1) is 14.0. The van der Waals surface area contributed by atoms with Crippen molar-refractivity contribution in [3.63, 3.8) is 0 Å². The molecular weight excluding hydrogens is 304 g/mol. The number of thiophene rings is 1. The van der Waals surface area contributed by atoms with Crippen molar-refractivity contribution in [3.8, 4) is 0 Å². The van der Waals surface area contributed by atoms with Crippen molar-refractivity contribution >= 4 is 39.7 Å². The van der Waals surface area contributed by atoms with Crippen LogP contribution in [0.2, 0.25) is 4.34 Å². The van der Waals surface area contributed by atoms with Gasteiger partial charge in [0.1, 0.15) is 0 Å². The van der Waals surface area contributed by atoms with E-state index in [2.05, 4.69) is 4.98 Å². The molecule has 0 aliphatic carbocycles. The van der Waals surface area contributed by atoms with E-state index in [1.807, 2.05) is 30.3 Å². The third-order valence-electron chi connectivity index (χ3n) is 3.27. The van der Waals surface area contributed by atoms with E-state index in [1.54, 1.807) is 30.3 Å². The molecule has 3 nitrogen and oxygen atoms in total. The highest BCUT2D eigenvalue weighted by atomic mass is 35.5. The summed E-state index contributed by atoms with van der Waals surface area (Å²) in [6, 6.07) is 13.4. The molecule has 1 amide bonds. The molecule has 0 unspecified atom stereocenters. The van der Waals surface area contributed by atoms with E-state index in [1.165, 1.54) is 11.3 Å². The SMILES string of the molecule is CN(Cc1cccc2ncccc12)C(=O)c1ccc(Cl)s1. The molecule has 0 spiro atoms. The third kappa shape index (κ3) is 2.91. The molecule has 3 rings (SSSR count). The van der Waals surface area contributed by atoms with Crippen molar-refractivity contribution in [2.75, 3.05) is 7.05 Å². The second-order valence-electron chi connectivity index (χ2n) is 4.75. The van der Waals surface area contributed by atoms with E-state index in [9.17, 15) is 4.79 Å². The Morgan fingerprint density at radius 1 is 1.24 bits per heavy atom. The Morgan fingerprint density at radius 3 is 2.86 bits per heavy atom. The average Bonchev–Trinajstić information content (AvgIpc) is 2.93. The van der Waals surface area contributed by atoms with Crippen LogP contribution < -0.4 is 0 Å². The van der Waals surface area contributed by atoms with Crippen LogP contribution in [0.3, 0.4) is 0 Å². The molecule has 5 heteroatoms. The van der Waals surface area contributed by atoms with Crippen LogP contribution in [0.4, 0.5) is 0 Å². The molecule has 1 aromatic carbocycles. The predicted octanol–water partition coefficient (Wildman–Crippen LogP) is 4.22. The maximum absolute atomic E-state index is 12.4. The Kier molecular flexibility index (Phi) is 3.90. The molecule has 0 saturated carbocycles. The number of carbonyl (C=O) groups is 1. The Morgan fingerprint density at radius 2 is 2.10 bits per heavy atom. The van der Waals surface area contributed by atoms with Crippen molar-refractivity contribution < 1.29 is 4.79 Å². The minimum atomic E-state index is -0.0206. The van der Waals surface area contributed by atoms with E-state index in [0.29, 0.717) is 15.8 Å². The van der Waals surface area contributed by atoms with Crippen LogP contribution >= 0.6 is 22.9 Å². The Balaban J connectivity index is 1.86. The van der Waals surface area contributed by atoms with Crippen LogP contribution in [-0.2, 0) is 6.54 Å². The van der Waals surface area contributed by atoms with Gasteiger partial charge in [-0.25, -0.2) is 0 Å². The van der Waals surface area contributed by atoms with Gasteiger partial charge in [-0.15, -0.1) is 11.3 Å². The minimum absolute atomic E-state index is 0.0206. The lowest BCUT2D eigenvalue weighted by Crippen LogP contribution is -2.25. The molecule has 0 N–H and O–H groups in total. The van der Waals surface area contributed by atoms with Crippen molar-refractivity contribution in [2.45, 2.75) is 6.54 Å². The summed E-state index contributed by atoms with van der Waals surface area (Å²) in [4.78, 5) is 19.0. The fraction of sp³-hybridized carbons (Fsp3) is 0.125. The number of carbonyl (C=O) groups excluding carboxylic acids is 1. The van der Waals surface area contributed by atoms with Gasteiger partial charge in [0.05, 0.1) is 14.7 Å². The van der Waals surface area contributed by atoms with Gasteiger partial charge < -0.3 is 4.90 Å². The van der Waals surface area contributed by atoms with E-state index in [4.69, 9.17) is 11.6 Å². The van der Waals surface area contributed by atoms with Crippen LogP contribution in [0, 0.1) is 0 Å². The molecule has 0 aliphatic heterocycles. The summed E-state index contributed by atoms with van der Waals surface area (Å²) in [6.07, 6.45) is 1.77. The molecule has 0 atom stereocenters. The zero-order valence-electron chi connectivity index (χ0n) is 11.4. The monoisotopic (exact) mass is 316 g/mol. The van der Waals surface area contributed by atoms with Crippen molar-refractivity contribution in [3.05, 3.63) is 63.4 Å². The lowest BCUT2D eigenvalue weighted by atomic mass is 10.1. The summed E-state index contributed by atoms with van der Waals surface area (Å²) in [7, 11) is 1.80. The molecule has 3 aromatic rings. The van der Waals surface area contributed by atoms with Gasteiger partial charge in [-0.05, 0) is 29.8 Å². The molecule has 0 aliphatic rings. The first-order valence-electron chi connectivity index (χ1n) is 6.48. The van der Waals surface area contributed by atoms with E-state index in [0.717, 1.165) is 16.5 Å². The predicted molar refractivity (Wildman–Crippen MR) is 86.9 cm³/mol. The summed E-state index contributed by atoms with van der Waals surface area (Å²) in [6.45, 7) is 0.539. The molecule has 21 heavy (non-hydrogen) atoms. The van der Waals surface area contributed by atoms with Crippen LogP contribution in [-0.4, -0.2) is 22.8 Å². The van der Waals surface area contributed by atoms with E-state index in [-0.39, 0.29) is 5.91 Å². The Hall–Kier alpha value is -1.91. The van der Waals surface area contributed by atoms with Gasteiger partial charge in [0, 0.05) is 25.2 Å². The highest BCUT2D eigenvalue weighted by molar-refractivity contribution is 7.17. The largest absolute Gasteiger partial charge is 0.337 e. The van der Waals surface area contributed by atoms with E-state index < -0.39 is 0 Å². The van der Waals surface area contributed by atoms with Crippen LogP contribution in [0.1, 0.15) is 15.2 Å². The number of aromatic nitrogens is 1. The van der Waals surface area contributed by atoms with E-state index >= 15 is 0 Å². The molecule has 0 bridgehead atoms. The summed E-state index contributed by atoms with van der Waals surface area (Å²) in [5, 5.41) is 1.07. The number of benzene rings is 1. The van der Waals surface area contributed by atoms with Crippen LogP contribution in [0.5, 0.6) is 0 Å². The number of nitrogens with zero attached hydrogens (tertiary/aromatic N) is 2. The number of hydrogen-bond acceptors (Lipinski definition) is 3. The van der Waals surface area contributed by atoms with Crippen molar-refractivity contribution in [1.29, 1.82) is 0 Å². The Bertz CT molecular complexity index is 794. The number of rotatable bonds is 3. The standard InChI is InChI=1S/C16H13ClN2OS/c1-19(16(20)14-7-8-15(17)21-14)10-11-4-2-6-13-12(11)5-3-9-18-13/h2-9H,10H2,1H3. The summed E-state index contributed by atoms with van der Waals surface area (Å²) < 4.78 is 0.626. The van der Waals surface area contributed by atoms with Gasteiger partial charge in [0.25, 0.3) is 5.91 Å². The molecule has 0 saturated heterocycles.